The zero-order chi connectivity index (χ0) is 25.1. The third kappa shape index (κ3) is 4.65. The summed E-state index contributed by atoms with van der Waals surface area (Å²) >= 11 is 0. The lowest BCUT2D eigenvalue weighted by atomic mass is 9.99. The Labute approximate surface area is 200 Å². The molecule has 0 amide bonds. The molecular weight excluding hydrogens is 446 g/mol. The van der Waals surface area contributed by atoms with Crippen LogP contribution in [0.1, 0.15) is 75.6 Å². The molecule has 0 aliphatic carbocycles. The quantitative estimate of drug-likeness (QED) is 0.298. The van der Waals surface area contributed by atoms with Gasteiger partial charge in [-0.2, -0.15) is 0 Å². The number of nitrogens with zero attached hydrogens (tertiary/aromatic N) is 5. The predicted molar refractivity (Wildman–Crippen MR) is 125 cm³/mol. The van der Waals surface area contributed by atoms with Gasteiger partial charge in [-0.15, -0.1) is 0 Å². The molecule has 0 radical (unpaired) electrons. The zero-order valence-electron chi connectivity index (χ0n) is 19.1. The van der Waals surface area contributed by atoms with E-state index in [1.165, 1.54) is 30.7 Å². The molecule has 0 unspecified atom stereocenters. The summed E-state index contributed by atoms with van der Waals surface area (Å²) in [5, 5.41) is 0. The number of aryl methyl sites for hydroxylation is 3. The Morgan fingerprint density at radius 3 is 2.17 bits per heavy atom. The highest BCUT2D eigenvalue weighted by atomic mass is 16.1. The van der Waals surface area contributed by atoms with Gasteiger partial charge in [-0.25, -0.2) is 9.97 Å². The summed E-state index contributed by atoms with van der Waals surface area (Å²) in [7, 11) is 0. The summed E-state index contributed by atoms with van der Waals surface area (Å²) in [6.07, 6.45) is 6.10. The van der Waals surface area contributed by atoms with E-state index >= 15 is 0 Å². The first kappa shape index (κ1) is 23.4. The van der Waals surface area contributed by atoms with Crippen LogP contribution in [0.25, 0.3) is 0 Å². The number of hydrogen-bond donors (Lipinski definition) is 0. The average Bonchev–Trinajstić information content (AvgIpc) is 2.87. The molecular formula is C26H19N5O4. The Hall–Kier alpha value is -4.79. The van der Waals surface area contributed by atoms with Crippen LogP contribution in [0.15, 0.2) is 55.1 Å². The third-order valence-corrected chi connectivity index (χ3v) is 5.24. The van der Waals surface area contributed by atoms with E-state index in [4.69, 9.17) is 0 Å². The van der Waals surface area contributed by atoms with Gasteiger partial charge in [-0.3, -0.25) is 34.1 Å². The molecule has 172 valence electrons. The van der Waals surface area contributed by atoms with E-state index in [9.17, 15) is 19.2 Å². The van der Waals surface area contributed by atoms with Gasteiger partial charge in [0.15, 0.2) is 6.29 Å². The van der Waals surface area contributed by atoms with Crippen molar-refractivity contribution in [2.75, 3.05) is 0 Å². The summed E-state index contributed by atoms with van der Waals surface area (Å²) in [6, 6.07) is 7.86. The lowest BCUT2D eigenvalue weighted by molar-refractivity contribution is 0.0987. The molecule has 0 saturated carbocycles. The fraction of sp³-hybridized carbons (Fsp3) is 0.115. The maximum absolute atomic E-state index is 13.5. The lowest BCUT2D eigenvalue weighted by Crippen LogP contribution is -2.22. The maximum Gasteiger partial charge on any atom is 0.215 e. The lowest BCUT2D eigenvalue weighted by Gasteiger charge is -2.12. The van der Waals surface area contributed by atoms with E-state index in [0.29, 0.717) is 23.2 Å². The van der Waals surface area contributed by atoms with Gasteiger partial charge in [0.2, 0.25) is 17.3 Å². The van der Waals surface area contributed by atoms with E-state index in [1.54, 1.807) is 45.2 Å². The smallest absolute Gasteiger partial charge is 0.215 e. The van der Waals surface area contributed by atoms with Crippen molar-refractivity contribution < 1.29 is 19.2 Å². The normalized spacial score (nSPS) is 10.6. The van der Waals surface area contributed by atoms with Gasteiger partial charge in [0, 0.05) is 52.9 Å². The number of aromatic nitrogens is 5. The largest absolute Gasteiger partial charge is 0.296 e. The van der Waals surface area contributed by atoms with E-state index in [2.05, 4.69) is 24.9 Å². The zero-order valence-corrected chi connectivity index (χ0v) is 19.1. The minimum Gasteiger partial charge on any atom is -0.296 e. The molecule has 0 aromatic carbocycles. The first-order valence-corrected chi connectivity index (χ1v) is 10.6. The van der Waals surface area contributed by atoms with Gasteiger partial charge in [0.05, 0.1) is 0 Å². The van der Waals surface area contributed by atoms with Crippen molar-refractivity contribution in [3.63, 3.8) is 0 Å². The molecule has 9 heteroatoms. The van der Waals surface area contributed by atoms with E-state index in [0.717, 1.165) is 0 Å². The van der Waals surface area contributed by atoms with Crippen LogP contribution >= 0.6 is 0 Å². The van der Waals surface area contributed by atoms with E-state index < -0.39 is 17.3 Å². The van der Waals surface area contributed by atoms with Crippen LogP contribution in [0.2, 0.25) is 0 Å². The molecule has 4 rings (SSSR count). The van der Waals surface area contributed by atoms with Crippen LogP contribution in [0.4, 0.5) is 0 Å². The summed E-state index contributed by atoms with van der Waals surface area (Å²) in [4.78, 5) is 72.6. The highest BCUT2D eigenvalue weighted by Gasteiger charge is 2.29. The number of aldehydes is 1. The Morgan fingerprint density at radius 2 is 1.51 bits per heavy atom. The molecule has 0 fully saturated rings. The molecule has 9 nitrogen and oxygen atoms in total. The molecule has 0 spiro atoms. The van der Waals surface area contributed by atoms with Crippen molar-refractivity contribution in [1.29, 1.82) is 0 Å². The minimum atomic E-state index is -0.660. The standard InChI is InChI=1S/C26H19N5O4/c1-14-9-18(11-27-10-14)25(34)22-23(26(35)19-5-4-8-28-16(19)3)30-20(13-32)21(31-22)24(33)17-7-6-15(2)29-12-17/h4-13H,1-3H3. The Balaban J connectivity index is 1.95. The molecule has 0 aliphatic rings. The first-order chi connectivity index (χ1) is 16.8. The predicted octanol–water partition coefficient (Wildman–Crippen LogP) is 3.09. The van der Waals surface area contributed by atoms with Crippen molar-refractivity contribution in [3.05, 3.63) is 112 Å². The summed E-state index contributed by atoms with van der Waals surface area (Å²) in [5.41, 5.74) is 0.897. The van der Waals surface area contributed by atoms with Gasteiger partial charge in [0.25, 0.3) is 0 Å². The van der Waals surface area contributed by atoms with E-state index in [1.807, 2.05) is 0 Å². The molecule has 0 N–H and O–H groups in total. The molecule has 4 heterocycles. The first-order valence-electron chi connectivity index (χ1n) is 10.6. The fourth-order valence-electron chi connectivity index (χ4n) is 3.42. The van der Waals surface area contributed by atoms with Gasteiger partial charge in [-0.1, -0.05) is 0 Å². The number of rotatable bonds is 7. The third-order valence-electron chi connectivity index (χ3n) is 5.24. The van der Waals surface area contributed by atoms with Crippen LogP contribution in [0.5, 0.6) is 0 Å². The van der Waals surface area contributed by atoms with Crippen molar-refractivity contribution >= 4 is 23.6 Å². The second kappa shape index (κ2) is 9.60. The minimum absolute atomic E-state index is 0.158. The topological polar surface area (TPSA) is 133 Å². The number of ketones is 3. The molecule has 35 heavy (non-hydrogen) atoms. The van der Waals surface area contributed by atoms with Crippen molar-refractivity contribution in [3.8, 4) is 0 Å². The number of hydrogen-bond acceptors (Lipinski definition) is 9. The fourth-order valence-corrected chi connectivity index (χ4v) is 3.42. The van der Waals surface area contributed by atoms with Crippen LogP contribution < -0.4 is 0 Å². The number of pyridine rings is 3. The van der Waals surface area contributed by atoms with Gasteiger partial charge in [-0.05, 0) is 56.7 Å². The van der Waals surface area contributed by atoms with Crippen LogP contribution in [-0.4, -0.2) is 48.6 Å². The second-order valence-corrected chi connectivity index (χ2v) is 7.84. The molecule has 0 atom stereocenters. The highest BCUT2D eigenvalue weighted by Crippen LogP contribution is 2.20. The molecule has 0 saturated heterocycles. The Morgan fingerprint density at radius 1 is 0.771 bits per heavy atom. The monoisotopic (exact) mass is 465 g/mol. The van der Waals surface area contributed by atoms with Crippen molar-refractivity contribution in [2.24, 2.45) is 0 Å². The Kier molecular flexibility index (Phi) is 6.41. The number of carbonyl (C=O) groups excluding carboxylic acids is 4. The number of carbonyl (C=O) groups is 4. The van der Waals surface area contributed by atoms with E-state index in [-0.39, 0.29) is 39.5 Å². The van der Waals surface area contributed by atoms with Crippen LogP contribution in [-0.2, 0) is 0 Å². The van der Waals surface area contributed by atoms with Gasteiger partial charge < -0.3 is 0 Å². The summed E-state index contributed by atoms with van der Waals surface area (Å²) < 4.78 is 0. The van der Waals surface area contributed by atoms with Crippen LogP contribution in [0, 0.1) is 20.8 Å². The van der Waals surface area contributed by atoms with Crippen molar-refractivity contribution in [2.45, 2.75) is 20.8 Å². The molecule has 0 aliphatic heterocycles. The highest BCUT2D eigenvalue weighted by molar-refractivity contribution is 6.19. The van der Waals surface area contributed by atoms with Crippen LogP contribution in [0.3, 0.4) is 0 Å². The summed E-state index contributed by atoms with van der Waals surface area (Å²) in [5.74, 6) is -1.96. The molecule has 0 bridgehead atoms. The second-order valence-electron chi connectivity index (χ2n) is 7.84. The maximum atomic E-state index is 13.5. The Bertz CT molecular complexity index is 1500. The average molecular weight is 465 g/mol. The molecule has 4 aromatic rings. The summed E-state index contributed by atoms with van der Waals surface area (Å²) in [6.45, 7) is 5.16. The van der Waals surface area contributed by atoms with Gasteiger partial charge >= 0.3 is 0 Å². The van der Waals surface area contributed by atoms with Crippen molar-refractivity contribution in [1.82, 2.24) is 24.9 Å². The molecule has 4 aromatic heterocycles. The SMILES string of the molecule is Cc1cncc(C(=O)c2nc(C(=O)c3ccc(C)nc3)c(C=O)nc2C(=O)c2cccnc2C)c1. The van der Waals surface area contributed by atoms with Gasteiger partial charge in [0.1, 0.15) is 22.8 Å².